The smallest absolute Gasteiger partial charge is 0.326 e. The van der Waals surface area contributed by atoms with Crippen LogP contribution in [-0.2, 0) is 4.79 Å². The lowest BCUT2D eigenvalue weighted by molar-refractivity contribution is -0.141. The van der Waals surface area contributed by atoms with Crippen LogP contribution in [0.25, 0.3) is 0 Å². The fourth-order valence-corrected chi connectivity index (χ4v) is 2.96. The van der Waals surface area contributed by atoms with Gasteiger partial charge in [-0.05, 0) is 43.4 Å². The molecule has 1 aromatic carbocycles. The summed E-state index contributed by atoms with van der Waals surface area (Å²) in [5.74, 6) is -1.38. The highest BCUT2D eigenvalue weighted by atomic mass is 16.4. The monoisotopic (exact) mass is 290 g/mol. The molecule has 0 unspecified atom stereocenters. The predicted octanol–water partition coefficient (Wildman–Crippen LogP) is 2.34. The lowest BCUT2D eigenvalue weighted by Crippen LogP contribution is -2.46. The quantitative estimate of drug-likeness (QED) is 0.742. The average molecular weight is 290 g/mol. The van der Waals surface area contributed by atoms with Crippen molar-refractivity contribution < 1.29 is 14.7 Å². The minimum atomic E-state index is -0.971. The van der Waals surface area contributed by atoms with E-state index < -0.39 is 17.9 Å². The highest BCUT2D eigenvalue weighted by Gasteiger charge is 2.31. The predicted molar refractivity (Wildman–Crippen MR) is 81.1 cm³/mol. The van der Waals surface area contributed by atoms with Crippen molar-refractivity contribution in [2.45, 2.75) is 45.1 Å². The number of hydrogen-bond acceptors (Lipinski definition) is 3. The number of anilines is 1. The van der Waals surface area contributed by atoms with Crippen LogP contribution in [-0.4, -0.2) is 23.0 Å². The second-order valence-electron chi connectivity index (χ2n) is 5.78. The number of rotatable bonds is 4. The molecule has 0 aromatic heterocycles. The van der Waals surface area contributed by atoms with E-state index in [1.165, 1.54) is 0 Å². The molecule has 0 heterocycles. The molecule has 4 N–H and O–H groups in total. The van der Waals surface area contributed by atoms with Gasteiger partial charge in [0.05, 0.1) is 5.56 Å². The van der Waals surface area contributed by atoms with Crippen molar-refractivity contribution in [3.05, 3.63) is 29.3 Å². The third-order valence-corrected chi connectivity index (χ3v) is 4.13. The Morgan fingerprint density at radius 2 is 1.95 bits per heavy atom. The van der Waals surface area contributed by atoms with Gasteiger partial charge >= 0.3 is 5.97 Å². The van der Waals surface area contributed by atoms with E-state index in [0.717, 1.165) is 37.7 Å². The van der Waals surface area contributed by atoms with Gasteiger partial charge < -0.3 is 16.2 Å². The zero-order chi connectivity index (χ0) is 15.4. The maximum Gasteiger partial charge on any atom is 0.326 e. The average Bonchev–Trinajstić information content (AvgIpc) is 2.45. The number of carboxylic acid groups (broad SMARTS) is 1. The van der Waals surface area contributed by atoms with Crippen LogP contribution in [0.1, 0.15) is 48.0 Å². The van der Waals surface area contributed by atoms with Gasteiger partial charge in [-0.25, -0.2) is 4.79 Å². The number of nitrogens with one attached hydrogen (secondary N) is 1. The minimum Gasteiger partial charge on any atom is -0.480 e. The van der Waals surface area contributed by atoms with Crippen LogP contribution >= 0.6 is 0 Å². The number of carbonyl (C=O) groups excluding carboxylic acids is 1. The van der Waals surface area contributed by atoms with Gasteiger partial charge in [0, 0.05) is 5.69 Å². The van der Waals surface area contributed by atoms with Crippen molar-refractivity contribution in [2.75, 3.05) is 5.73 Å². The maximum absolute atomic E-state index is 12.3. The molecule has 0 spiro atoms. The van der Waals surface area contributed by atoms with Crippen molar-refractivity contribution in [1.82, 2.24) is 5.32 Å². The van der Waals surface area contributed by atoms with Crippen LogP contribution in [0.2, 0.25) is 0 Å². The summed E-state index contributed by atoms with van der Waals surface area (Å²) in [5, 5.41) is 12.0. The third kappa shape index (κ3) is 3.74. The second-order valence-corrected chi connectivity index (χ2v) is 5.78. The summed E-state index contributed by atoms with van der Waals surface area (Å²) in [6.07, 6.45) is 4.89. The molecular formula is C16H22N2O3. The van der Waals surface area contributed by atoms with Gasteiger partial charge in [-0.2, -0.15) is 0 Å². The molecule has 5 heteroatoms. The molecule has 114 valence electrons. The van der Waals surface area contributed by atoms with Gasteiger partial charge in [-0.1, -0.05) is 25.3 Å². The van der Waals surface area contributed by atoms with Crippen molar-refractivity contribution in [2.24, 2.45) is 5.92 Å². The van der Waals surface area contributed by atoms with Gasteiger partial charge in [0.1, 0.15) is 6.04 Å². The van der Waals surface area contributed by atoms with Crippen LogP contribution in [0.3, 0.4) is 0 Å². The van der Waals surface area contributed by atoms with E-state index in [1.54, 1.807) is 18.2 Å². The molecule has 1 aliphatic carbocycles. The summed E-state index contributed by atoms with van der Waals surface area (Å²) in [6.45, 7) is 1.89. The number of aryl methyl sites for hydroxylation is 1. The molecule has 1 aromatic rings. The first-order valence-electron chi connectivity index (χ1n) is 7.39. The van der Waals surface area contributed by atoms with Gasteiger partial charge in [-0.15, -0.1) is 0 Å². The maximum atomic E-state index is 12.3. The Bertz CT molecular complexity index is 536. The Kier molecular flexibility index (Phi) is 4.83. The van der Waals surface area contributed by atoms with Gasteiger partial charge in [0.2, 0.25) is 0 Å². The van der Waals surface area contributed by atoms with Gasteiger partial charge in [0.15, 0.2) is 0 Å². The Morgan fingerprint density at radius 3 is 2.52 bits per heavy atom. The number of benzene rings is 1. The number of aliphatic carboxylic acids is 1. The molecule has 2 rings (SSSR count). The molecular weight excluding hydrogens is 268 g/mol. The van der Waals surface area contributed by atoms with Crippen LogP contribution in [0.4, 0.5) is 5.69 Å². The van der Waals surface area contributed by atoms with E-state index >= 15 is 0 Å². The van der Waals surface area contributed by atoms with Crippen molar-refractivity contribution in [1.29, 1.82) is 0 Å². The number of nitrogen functional groups attached to an aromatic ring is 1. The van der Waals surface area contributed by atoms with E-state index in [-0.39, 0.29) is 5.92 Å². The van der Waals surface area contributed by atoms with E-state index in [9.17, 15) is 14.7 Å². The summed E-state index contributed by atoms with van der Waals surface area (Å²) in [5.41, 5.74) is 7.52. The SMILES string of the molecule is Cc1ccc(C(=O)N[C@H](C(=O)O)C2CCCCC2)c(N)c1. The summed E-state index contributed by atoms with van der Waals surface area (Å²) in [6, 6.07) is 4.31. The fraction of sp³-hybridized carbons (Fsp3) is 0.500. The Hall–Kier alpha value is -2.04. The highest BCUT2D eigenvalue weighted by molar-refractivity contribution is 6.01. The number of nitrogens with two attached hydrogens (primary N) is 1. The molecule has 0 saturated heterocycles. The number of carboxylic acids is 1. The fourth-order valence-electron chi connectivity index (χ4n) is 2.96. The number of carbonyl (C=O) groups is 2. The Balaban J connectivity index is 2.12. The summed E-state index contributed by atoms with van der Waals surface area (Å²) >= 11 is 0. The van der Waals surface area contributed by atoms with Crippen LogP contribution in [0, 0.1) is 12.8 Å². The van der Waals surface area contributed by atoms with Crippen molar-refractivity contribution >= 4 is 17.6 Å². The number of hydrogen-bond donors (Lipinski definition) is 3. The van der Waals surface area contributed by atoms with E-state index in [2.05, 4.69) is 5.32 Å². The minimum absolute atomic E-state index is 0.00636. The first kappa shape index (κ1) is 15.4. The zero-order valence-electron chi connectivity index (χ0n) is 12.3. The molecule has 0 bridgehead atoms. The summed E-state index contributed by atoms with van der Waals surface area (Å²) in [4.78, 5) is 23.7. The summed E-state index contributed by atoms with van der Waals surface area (Å²) < 4.78 is 0. The zero-order valence-corrected chi connectivity index (χ0v) is 12.3. The largest absolute Gasteiger partial charge is 0.480 e. The van der Waals surface area contributed by atoms with Gasteiger partial charge in [0.25, 0.3) is 5.91 Å². The van der Waals surface area contributed by atoms with E-state index in [1.807, 2.05) is 6.92 Å². The molecule has 5 nitrogen and oxygen atoms in total. The van der Waals surface area contributed by atoms with Crippen LogP contribution in [0.15, 0.2) is 18.2 Å². The molecule has 1 amide bonds. The Labute approximate surface area is 124 Å². The second kappa shape index (κ2) is 6.61. The topological polar surface area (TPSA) is 92.4 Å². The Morgan fingerprint density at radius 1 is 1.29 bits per heavy atom. The first-order valence-corrected chi connectivity index (χ1v) is 7.39. The lowest BCUT2D eigenvalue weighted by Gasteiger charge is -2.28. The van der Waals surface area contributed by atoms with Crippen molar-refractivity contribution in [3.8, 4) is 0 Å². The van der Waals surface area contributed by atoms with Crippen LogP contribution < -0.4 is 11.1 Å². The number of amides is 1. The first-order chi connectivity index (χ1) is 9.99. The molecule has 1 aliphatic rings. The van der Waals surface area contributed by atoms with Gasteiger partial charge in [-0.3, -0.25) is 4.79 Å². The van der Waals surface area contributed by atoms with Crippen LogP contribution in [0.5, 0.6) is 0 Å². The molecule has 0 radical (unpaired) electrons. The molecule has 1 saturated carbocycles. The van der Waals surface area contributed by atoms with Crippen molar-refractivity contribution in [3.63, 3.8) is 0 Å². The van der Waals surface area contributed by atoms with E-state index in [0.29, 0.717) is 11.3 Å². The summed E-state index contributed by atoms with van der Waals surface area (Å²) in [7, 11) is 0. The lowest BCUT2D eigenvalue weighted by atomic mass is 9.84. The normalized spacial score (nSPS) is 17.2. The van der Waals surface area contributed by atoms with E-state index in [4.69, 9.17) is 5.73 Å². The highest BCUT2D eigenvalue weighted by Crippen LogP contribution is 2.27. The third-order valence-electron chi connectivity index (χ3n) is 4.13. The molecule has 1 fully saturated rings. The standard InChI is InChI=1S/C16H22N2O3/c1-10-7-8-12(13(17)9-10)15(19)18-14(16(20)21)11-5-3-2-4-6-11/h7-9,11,14H,2-6,17H2,1H3,(H,18,19)(H,20,21)/t14-/m0/s1. The molecule has 21 heavy (non-hydrogen) atoms. The molecule has 1 atom stereocenters. The molecule has 0 aliphatic heterocycles.